The van der Waals surface area contributed by atoms with E-state index in [-0.39, 0.29) is 5.82 Å². The molecule has 114 valence electrons. The molecule has 0 aliphatic rings. The Kier molecular flexibility index (Phi) is 7.78. The predicted molar refractivity (Wildman–Crippen MR) is 84.0 cm³/mol. The van der Waals surface area contributed by atoms with Gasteiger partial charge in [0.2, 0.25) is 0 Å². The lowest BCUT2D eigenvalue weighted by atomic mass is 9.88. The SMILES string of the molecule is CC(C)C(CCN)CCCN(C)Cc1ccccc1F. The van der Waals surface area contributed by atoms with Gasteiger partial charge in [-0.15, -0.1) is 0 Å². The Balaban J connectivity index is 2.33. The third-order valence-electron chi connectivity index (χ3n) is 3.99. The fraction of sp³-hybridized carbons (Fsp3) is 0.647. The van der Waals surface area contributed by atoms with Gasteiger partial charge in [-0.2, -0.15) is 0 Å². The lowest BCUT2D eigenvalue weighted by Crippen LogP contribution is -2.22. The van der Waals surface area contributed by atoms with Crippen LogP contribution < -0.4 is 5.73 Å². The van der Waals surface area contributed by atoms with Crippen LogP contribution in [-0.2, 0) is 6.54 Å². The zero-order valence-corrected chi connectivity index (χ0v) is 13.1. The van der Waals surface area contributed by atoms with Gasteiger partial charge in [0.25, 0.3) is 0 Å². The van der Waals surface area contributed by atoms with Crippen LogP contribution in [-0.4, -0.2) is 25.0 Å². The first kappa shape index (κ1) is 17.1. The normalized spacial score (nSPS) is 13.2. The summed E-state index contributed by atoms with van der Waals surface area (Å²) in [6, 6.07) is 7.01. The molecule has 0 aliphatic carbocycles. The van der Waals surface area contributed by atoms with Crippen molar-refractivity contribution in [1.82, 2.24) is 4.90 Å². The van der Waals surface area contributed by atoms with Gasteiger partial charge < -0.3 is 10.6 Å². The summed E-state index contributed by atoms with van der Waals surface area (Å²) in [5, 5.41) is 0. The highest BCUT2D eigenvalue weighted by atomic mass is 19.1. The number of nitrogens with zero attached hydrogens (tertiary/aromatic N) is 1. The predicted octanol–water partition coefficient (Wildman–Crippen LogP) is 3.66. The van der Waals surface area contributed by atoms with Crippen molar-refractivity contribution in [2.24, 2.45) is 17.6 Å². The van der Waals surface area contributed by atoms with Crippen LogP contribution in [0.15, 0.2) is 24.3 Å². The largest absolute Gasteiger partial charge is 0.330 e. The highest BCUT2D eigenvalue weighted by Gasteiger charge is 2.12. The van der Waals surface area contributed by atoms with Crippen LogP contribution in [0.5, 0.6) is 0 Å². The van der Waals surface area contributed by atoms with E-state index in [4.69, 9.17) is 5.73 Å². The van der Waals surface area contributed by atoms with Crippen LogP contribution in [0.4, 0.5) is 4.39 Å². The fourth-order valence-electron chi connectivity index (χ4n) is 2.64. The zero-order chi connectivity index (χ0) is 15.0. The van der Waals surface area contributed by atoms with E-state index >= 15 is 0 Å². The molecule has 0 saturated carbocycles. The summed E-state index contributed by atoms with van der Waals surface area (Å²) < 4.78 is 13.6. The van der Waals surface area contributed by atoms with E-state index in [0.29, 0.717) is 18.4 Å². The summed E-state index contributed by atoms with van der Waals surface area (Å²) in [5.41, 5.74) is 6.44. The van der Waals surface area contributed by atoms with Crippen LogP contribution in [0.2, 0.25) is 0 Å². The lowest BCUT2D eigenvalue weighted by molar-refractivity contribution is 0.276. The van der Waals surface area contributed by atoms with Gasteiger partial charge >= 0.3 is 0 Å². The van der Waals surface area contributed by atoms with E-state index in [9.17, 15) is 4.39 Å². The smallest absolute Gasteiger partial charge is 0.127 e. The van der Waals surface area contributed by atoms with Crippen molar-refractivity contribution in [3.8, 4) is 0 Å². The van der Waals surface area contributed by atoms with Gasteiger partial charge in [0.15, 0.2) is 0 Å². The molecule has 2 nitrogen and oxygen atoms in total. The molecule has 0 aliphatic heterocycles. The van der Waals surface area contributed by atoms with Gasteiger partial charge in [-0.25, -0.2) is 4.39 Å². The standard InChI is InChI=1S/C17H29FN2/c1-14(2)15(10-11-19)8-6-12-20(3)13-16-7-4-5-9-17(16)18/h4-5,7,9,14-15H,6,8,10-13,19H2,1-3H3. The van der Waals surface area contributed by atoms with Crippen molar-refractivity contribution in [3.63, 3.8) is 0 Å². The first-order valence-corrected chi connectivity index (χ1v) is 7.66. The van der Waals surface area contributed by atoms with Gasteiger partial charge in [-0.3, -0.25) is 0 Å². The molecule has 0 bridgehead atoms. The lowest BCUT2D eigenvalue weighted by Gasteiger charge is -2.22. The molecule has 1 rings (SSSR count). The molecule has 0 aromatic heterocycles. The number of rotatable bonds is 9. The molecule has 0 heterocycles. The van der Waals surface area contributed by atoms with Crippen LogP contribution in [0.25, 0.3) is 0 Å². The molecule has 0 fully saturated rings. The van der Waals surface area contributed by atoms with E-state index < -0.39 is 0 Å². The Morgan fingerprint density at radius 2 is 1.90 bits per heavy atom. The molecule has 0 saturated heterocycles. The van der Waals surface area contributed by atoms with Crippen LogP contribution in [0.3, 0.4) is 0 Å². The van der Waals surface area contributed by atoms with Gasteiger partial charge in [0, 0.05) is 12.1 Å². The van der Waals surface area contributed by atoms with Crippen LogP contribution in [0.1, 0.15) is 38.7 Å². The number of halogens is 1. The van der Waals surface area contributed by atoms with Gasteiger partial charge in [-0.1, -0.05) is 32.0 Å². The molecule has 1 aromatic rings. The second kappa shape index (κ2) is 9.09. The first-order valence-electron chi connectivity index (χ1n) is 7.66. The molecule has 2 N–H and O–H groups in total. The maximum Gasteiger partial charge on any atom is 0.127 e. The quantitative estimate of drug-likeness (QED) is 0.748. The monoisotopic (exact) mass is 280 g/mol. The number of hydrogen-bond acceptors (Lipinski definition) is 2. The summed E-state index contributed by atoms with van der Waals surface area (Å²) in [6.45, 7) is 6.98. The van der Waals surface area contributed by atoms with Gasteiger partial charge in [0.1, 0.15) is 5.82 Å². The van der Waals surface area contributed by atoms with Crippen molar-refractivity contribution in [2.45, 2.75) is 39.7 Å². The summed E-state index contributed by atoms with van der Waals surface area (Å²) in [6.07, 6.45) is 3.46. The first-order chi connectivity index (χ1) is 9.54. The van der Waals surface area contributed by atoms with E-state index in [1.807, 2.05) is 12.1 Å². The van der Waals surface area contributed by atoms with Crippen molar-refractivity contribution >= 4 is 0 Å². The fourth-order valence-corrected chi connectivity index (χ4v) is 2.64. The van der Waals surface area contributed by atoms with E-state index in [2.05, 4.69) is 25.8 Å². The highest BCUT2D eigenvalue weighted by Crippen LogP contribution is 2.20. The topological polar surface area (TPSA) is 29.3 Å². The average Bonchev–Trinajstić information content (AvgIpc) is 2.40. The molecule has 0 spiro atoms. The highest BCUT2D eigenvalue weighted by molar-refractivity contribution is 5.16. The van der Waals surface area contributed by atoms with Gasteiger partial charge in [0.05, 0.1) is 0 Å². The van der Waals surface area contributed by atoms with Crippen LogP contribution >= 0.6 is 0 Å². The molecule has 3 heteroatoms. The van der Waals surface area contributed by atoms with Crippen molar-refractivity contribution in [1.29, 1.82) is 0 Å². The molecule has 0 radical (unpaired) electrons. The minimum Gasteiger partial charge on any atom is -0.330 e. The maximum absolute atomic E-state index is 13.6. The molecular weight excluding hydrogens is 251 g/mol. The Morgan fingerprint density at radius 1 is 1.20 bits per heavy atom. The number of hydrogen-bond donors (Lipinski definition) is 1. The Bertz CT molecular complexity index is 379. The number of nitrogens with two attached hydrogens (primary N) is 1. The summed E-state index contributed by atoms with van der Waals surface area (Å²) in [5.74, 6) is 1.29. The maximum atomic E-state index is 13.6. The molecule has 0 amide bonds. The number of benzene rings is 1. The van der Waals surface area contributed by atoms with Crippen molar-refractivity contribution in [2.75, 3.05) is 20.1 Å². The molecule has 1 unspecified atom stereocenters. The van der Waals surface area contributed by atoms with E-state index in [0.717, 1.165) is 31.5 Å². The summed E-state index contributed by atoms with van der Waals surface area (Å²) in [7, 11) is 2.06. The average molecular weight is 280 g/mol. The summed E-state index contributed by atoms with van der Waals surface area (Å²) >= 11 is 0. The molecule has 1 atom stereocenters. The van der Waals surface area contributed by atoms with Gasteiger partial charge in [-0.05, 0) is 57.3 Å². The second-order valence-electron chi connectivity index (χ2n) is 6.05. The summed E-state index contributed by atoms with van der Waals surface area (Å²) in [4.78, 5) is 2.19. The Morgan fingerprint density at radius 3 is 2.50 bits per heavy atom. The van der Waals surface area contributed by atoms with E-state index in [1.165, 1.54) is 12.5 Å². The molecule has 1 aromatic carbocycles. The van der Waals surface area contributed by atoms with Crippen molar-refractivity contribution in [3.05, 3.63) is 35.6 Å². The molecular formula is C17H29FN2. The zero-order valence-electron chi connectivity index (χ0n) is 13.1. The Labute approximate surface area is 123 Å². The minimum absolute atomic E-state index is 0.109. The third kappa shape index (κ3) is 6.02. The van der Waals surface area contributed by atoms with Crippen molar-refractivity contribution < 1.29 is 4.39 Å². The molecule has 20 heavy (non-hydrogen) atoms. The third-order valence-corrected chi connectivity index (χ3v) is 3.99. The Hall–Kier alpha value is -0.930. The van der Waals surface area contributed by atoms with E-state index in [1.54, 1.807) is 6.07 Å². The minimum atomic E-state index is -0.109. The van der Waals surface area contributed by atoms with Crippen LogP contribution in [0, 0.1) is 17.7 Å². The second-order valence-corrected chi connectivity index (χ2v) is 6.05.